The summed E-state index contributed by atoms with van der Waals surface area (Å²) >= 11 is 17.3. The number of para-hydroxylation sites is 1. The lowest BCUT2D eigenvalue weighted by molar-refractivity contribution is 0.100. The molecule has 0 aliphatic carbocycles. The highest BCUT2D eigenvalue weighted by Gasteiger charge is 2.21. The second-order valence-corrected chi connectivity index (χ2v) is 19.6. The lowest BCUT2D eigenvalue weighted by Crippen LogP contribution is -2.20. The number of nitrogens with one attached hydrogen (secondary N) is 6. The van der Waals surface area contributed by atoms with Crippen LogP contribution in [0.4, 0.5) is 47.7 Å². The van der Waals surface area contributed by atoms with Gasteiger partial charge in [0.15, 0.2) is 5.84 Å². The first-order valence-electron chi connectivity index (χ1n) is 26.0. The second kappa shape index (κ2) is 31.2. The van der Waals surface area contributed by atoms with Gasteiger partial charge in [-0.15, -0.1) is 0 Å². The van der Waals surface area contributed by atoms with Crippen LogP contribution in [0.5, 0.6) is 0 Å². The summed E-state index contributed by atoms with van der Waals surface area (Å²) in [5.74, 6) is -4.42. The Labute approximate surface area is 525 Å². The summed E-state index contributed by atoms with van der Waals surface area (Å²) in [5, 5.41) is 28.2. The average molecular weight is 1280 g/mol. The lowest BCUT2D eigenvalue weighted by atomic mass is 10.1. The SMILES string of the molecule is CN=C(N)c1ccc(C(=O)Nc2ccc(F)cc2C(=O)Nc2ccc(Cl)cn2)cc1.CN=C(N)c1ccc(C(=O)Nc2ccccc2C(=O)Nc2ccc(Cl)cn2)c(F)c1.N/C(=N/O)c1ccc(C(=O)Nc2ccc(F)cc2C(=O)Nc2ccc(Cl)cn2)cc1. The Balaban J connectivity index is 0.000000192. The number of nitrogens with zero attached hydrogens (tertiary/aromatic N) is 6. The van der Waals surface area contributed by atoms with E-state index in [0.717, 1.165) is 30.3 Å². The number of anilines is 6. The molecule has 6 aromatic carbocycles. The molecule has 0 fully saturated rings. The minimum Gasteiger partial charge on any atom is -0.409 e. The third kappa shape index (κ3) is 18.2. The van der Waals surface area contributed by atoms with Crippen LogP contribution >= 0.6 is 34.8 Å². The number of aromatic nitrogens is 3. The number of carbonyl (C=O) groups is 6. The van der Waals surface area contributed by atoms with E-state index in [1.807, 2.05) is 0 Å². The molecule has 22 nitrogen and oxygen atoms in total. The zero-order valence-electron chi connectivity index (χ0n) is 46.9. The summed E-state index contributed by atoms with van der Waals surface area (Å²) in [7, 11) is 3.05. The maximum Gasteiger partial charge on any atom is 0.259 e. The number of hydrogen-bond donors (Lipinski definition) is 10. The zero-order chi connectivity index (χ0) is 65.0. The maximum atomic E-state index is 14.4. The monoisotopic (exact) mass is 1280 g/mol. The van der Waals surface area contributed by atoms with Crippen LogP contribution < -0.4 is 49.1 Å². The van der Waals surface area contributed by atoms with E-state index in [4.69, 9.17) is 57.2 Å². The molecule has 456 valence electrons. The quantitative estimate of drug-likeness (QED) is 0.0198. The highest BCUT2D eigenvalue weighted by Crippen LogP contribution is 2.24. The largest absolute Gasteiger partial charge is 0.409 e. The van der Waals surface area contributed by atoms with Gasteiger partial charge in [0.2, 0.25) is 0 Å². The number of pyridine rings is 3. The van der Waals surface area contributed by atoms with Crippen molar-refractivity contribution >= 4 is 122 Å². The summed E-state index contributed by atoms with van der Waals surface area (Å²) in [5.41, 5.74) is 19.2. The van der Waals surface area contributed by atoms with Gasteiger partial charge in [-0.3, -0.25) is 38.8 Å². The first-order valence-corrected chi connectivity index (χ1v) is 27.1. The van der Waals surface area contributed by atoms with E-state index in [1.54, 1.807) is 61.6 Å². The van der Waals surface area contributed by atoms with E-state index in [-0.39, 0.29) is 68.2 Å². The van der Waals surface area contributed by atoms with Gasteiger partial charge in [-0.25, -0.2) is 28.1 Å². The molecule has 0 unspecified atom stereocenters. The molecule has 6 amide bonds. The molecule has 0 aliphatic rings. The Hall–Kier alpha value is -11.5. The number of amides is 6. The number of amidine groups is 3. The molecule has 0 bridgehead atoms. The normalized spacial score (nSPS) is 11.1. The van der Waals surface area contributed by atoms with Gasteiger partial charge < -0.3 is 54.3 Å². The molecule has 0 spiro atoms. The van der Waals surface area contributed by atoms with Gasteiger partial charge in [0, 0.05) is 60.5 Å². The van der Waals surface area contributed by atoms with Gasteiger partial charge in [0.25, 0.3) is 35.4 Å². The number of rotatable bonds is 15. The highest BCUT2D eigenvalue weighted by atomic mass is 35.5. The number of carbonyl (C=O) groups excluding carboxylic acids is 6. The third-order valence-corrected chi connectivity index (χ3v) is 12.9. The Morgan fingerprint density at radius 2 is 0.744 bits per heavy atom. The third-order valence-electron chi connectivity index (χ3n) is 12.3. The summed E-state index contributed by atoms with van der Waals surface area (Å²) in [6.07, 6.45) is 4.11. The topological polar surface area (TPSA) is 349 Å². The number of oxime groups is 1. The smallest absolute Gasteiger partial charge is 0.259 e. The van der Waals surface area contributed by atoms with Crippen molar-refractivity contribution in [3.05, 3.63) is 265 Å². The fourth-order valence-corrected chi connectivity index (χ4v) is 7.99. The molecule has 0 saturated heterocycles. The summed E-state index contributed by atoms with van der Waals surface area (Å²) in [6.45, 7) is 0. The fraction of sp³-hybridized carbons (Fsp3) is 0.0323. The molecule has 0 saturated carbocycles. The van der Waals surface area contributed by atoms with Crippen LogP contribution in [0.1, 0.15) is 78.8 Å². The molecule has 90 heavy (non-hydrogen) atoms. The Morgan fingerprint density at radius 3 is 1.14 bits per heavy atom. The first kappa shape index (κ1) is 66.0. The first-order chi connectivity index (χ1) is 43.1. The van der Waals surface area contributed by atoms with Gasteiger partial charge >= 0.3 is 0 Å². The van der Waals surface area contributed by atoms with E-state index >= 15 is 0 Å². The zero-order valence-corrected chi connectivity index (χ0v) is 49.2. The van der Waals surface area contributed by atoms with Crippen LogP contribution in [0, 0.1) is 17.5 Å². The van der Waals surface area contributed by atoms with E-state index in [1.165, 1.54) is 105 Å². The van der Waals surface area contributed by atoms with E-state index in [2.05, 4.69) is 62.0 Å². The molecule has 0 aliphatic heterocycles. The second-order valence-electron chi connectivity index (χ2n) is 18.3. The fourth-order valence-electron chi connectivity index (χ4n) is 7.65. The molecule has 9 aromatic rings. The molecule has 0 radical (unpaired) electrons. The molecule has 28 heteroatoms. The number of nitrogens with two attached hydrogens (primary N) is 3. The van der Waals surface area contributed by atoms with Crippen LogP contribution in [0.15, 0.2) is 198 Å². The van der Waals surface area contributed by atoms with Gasteiger partial charge in [0.1, 0.15) is 46.6 Å². The van der Waals surface area contributed by atoms with Crippen LogP contribution in [-0.2, 0) is 0 Å². The molecular formula is C62H49Cl3F3N15O7. The average Bonchev–Trinajstić information content (AvgIpc) is 1.39. The lowest BCUT2D eigenvalue weighted by Gasteiger charge is -2.12. The number of halogens is 6. The van der Waals surface area contributed by atoms with Crippen molar-refractivity contribution in [2.45, 2.75) is 0 Å². The van der Waals surface area contributed by atoms with Crippen molar-refractivity contribution in [2.24, 2.45) is 32.3 Å². The summed E-state index contributed by atoms with van der Waals surface area (Å²) in [6, 6.07) is 38.7. The van der Waals surface area contributed by atoms with Crippen molar-refractivity contribution < 1.29 is 47.1 Å². The van der Waals surface area contributed by atoms with Crippen molar-refractivity contribution in [1.82, 2.24) is 15.0 Å². The summed E-state index contributed by atoms with van der Waals surface area (Å²) in [4.78, 5) is 95.1. The van der Waals surface area contributed by atoms with Crippen LogP contribution in [0.3, 0.4) is 0 Å². The molecule has 0 atom stereocenters. The van der Waals surface area contributed by atoms with Crippen LogP contribution in [0.2, 0.25) is 15.1 Å². The Bertz CT molecular complexity index is 4040. The standard InChI is InChI=1S/2C21H17ClFN5O2.C20H15ClFN5O3/c1-25-19(24)12-2-4-13(5-3-12)20(29)27-17-8-7-15(23)10-16(17)21(30)28-18-9-6-14(22)11-26-18;1-25-19(24)12-6-8-14(16(23)10-12)20(29)27-17-5-3-2-4-15(17)21(30)28-18-9-7-13(22)11-26-18;21-13-5-8-17(24-10-13)26-20(29)15-9-14(22)6-7-16(15)25-19(28)12-3-1-11(2-4-12)18(23)27-30/h2*2-11H,1H3,(H2,24,25)(H,27,29)(H,26,28,30);1-10,30H,(H2,23,27)(H,25,28)(H,24,26,29). The van der Waals surface area contributed by atoms with E-state index < -0.39 is 52.9 Å². The Kier molecular flexibility index (Phi) is 22.9. The van der Waals surface area contributed by atoms with Crippen molar-refractivity contribution in [3.63, 3.8) is 0 Å². The van der Waals surface area contributed by atoms with Crippen LogP contribution in [0.25, 0.3) is 0 Å². The van der Waals surface area contributed by atoms with Crippen molar-refractivity contribution in [2.75, 3.05) is 46.0 Å². The van der Waals surface area contributed by atoms with Crippen LogP contribution in [-0.4, -0.2) is 87.2 Å². The number of benzene rings is 6. The minimum atomic E-state index is -0.760. The molecule has 3 heterocycles. The molecule has 3 aromatic heterocycles. The molecule has 9 rings (SSSR count). The maximum absolute atomic E-state index is 14.4. The number of aliphatic imine (C=N–C) groups is 2. The number of hydrogen-bond acceptors (Lipinski definition) is 13. The molecular weight excluding hydrogens is 1230 g/mol. The van der Waals surface area contributed by atoms with Gasteiger partial charge in [-0.05, 0) is 121 Å². The Morgan fingerprint density at radius 1 is 0.389 bits per heavy atom. The van der Waals surface area contributed by atoms with Gasteiger partial charge in [-0.1, -0.05) is 82.4 Å². The predicted octanol–water partition coefficient (Wildman–Crippen LogP) is 10.9. The van der Waals surface area contributed by atoms with Crippen molar-refractivity contribution in [3.8, 4) is 0 Å². The van der Waals surface area contributed by atoms with E-state index in [0.29, 0.717) is 49.0 Å². The minimum absolute atomic E-state index is 0.0564. The predicted molar refractivity (Wildman–Crippen MR) is 340 cm³/mol. The van der Waals surface area contributed by atoms with Gasteiger partial charge in [-0.2, -0.15) is 0 Å². The molecule has 13 N–H and O–H groups in total. The highest BCUT2D eigenvalue weighted by molar-refractivity contribution is 6.31. The summed E-state index contributed by atoms with van der Waals surface area (Å²) < 4.78 is 41.9. The van der Waals surface area contributed by atoms with Crippen molar-refractivity contribution in [1.29, 1.82) is 0 Å². The van der Waals surface area contributed by atoms with Gasteiger partial charge in [0.05, 0.1) is 54.4 Å². The van der Waals surface area contributed by atoms with E-state index in [9.17, 15) is 41.9 Å².